The maximum atomic E-state index is 10.9. The van der Waals surface area contributed by atoms with Gasteiger partial charge in [0.25, 0.3) is 0 Å². The van der Waals surface area contributed by atoms with E-state index in [0.717, 1.165) is 6.08 Å². The standard InChI is InChI=1S/C6H6O4S/c7-6(8)5-3-1-2-4-11(5,9)10/h1-3H,4H2,(H,7,8). The molecule has 1 rings (SSSR count). The topological polar surface area (TPSA) is 71.4 Å². The average molecular weight is 174 g/mol. The van der Waals surface area contributed by atoms with Crippen molar-refractivity contribution >= 4 is 15.8 Å². The van der Waals surface area contributed by atoms with Crippen molar-refractivity contribution in [2.45, 2.75) is 0 Å². The summed E-state index contributed by atoms with van der Waals surface area (Å²) >= 11 is 0. The minimum absolute atomic E-state index is 0.217. The summed E-state index contributed by atoms with van der Waals surface area (Å²) in [6, 6.07) is 0. The summed E-state index contributed by atoms with van der Waals surface area (Å²) in [7, 11) is -3.55. The summed E-state index contributed by atoms with van der Waals surface area (Å²) in [6.07, 6.45) is 3.91. The molecule has 0 aromatic carbocycles. The van der Waals surface area contributed by atoms with E-state index in [9.17, 15) is 13.2 Å². The first-order valence-electron chi connectivity index (χ1n) is 2.87. The minimum atomic E-state index is -3.55. The Kier molecular flexibility index (Phi) is 1.82. The van der Waals surface area contributed by atoms with Crippen LogP contribution in [0.3, 0.4) is 0 Å². The number of hydrogen-bond acceptors (Lipinski definition) is 3. The van der Waals surface area contributed by atoms with Gasteiger partial charge in [0, 0.05) is 0 Å². The van der Waals surface area contributed by atoms with E-state index in [1.165, 1.54) is 12.2 Å². The lowest BCUT2D eigenvalue weighted by Gasteiger charge is -2.03. The zero-order valence-corrected chi connectivity index (χ0v) is 6.34. The first-order valence-corrected chi connectivity index (χ1v) is 4.52. The number of carboxylic acids is 1. The van der Waals surface area contributed by atoms with Crippen LogP contribution >= 0.6 is 0 Å². The SMILES string of the molecule is O=C(O)C1=CC=CCS1(=O)=O. The van der Waals surface area contributed by atoms with E-state index in [0.29, 0.717) is 0 Å². The molecule has 1 N–H and O–H groups in total. The molecule has 5 heteroatoms. The van der Waals surface area contributed by atoms with Gasteiger partial charge in [0.05, 0.1) is 5.75 Å². The van der Waals surface area contributed by atoms with E-state index in [2.05, 4.69) is 0 Å². The van der Waals surface area contributed by atoms with Crippen molar-refractivity contribution in [3.8, 4) is 0 Å². The molecule has 0 fully saturated rings. The zero-order chi connectivity index (χ0) is 8.48. The van der Waals surface area contributed by atoms with Gasteiger partial charge in [-0.25, -0.2) is 13.2 Å². The van der Waals surface area contributed by atoms with Crippen LogP contribution in [-0.2, 0) is 14.6 Å². The maximum absolute atomic E-state index is 10.9. The normalized spacial score (nSPS) is 20.9. The molecule has 0 aromatic rings. The second kappa shape index (κ2) is 2.50. The van der Waals surface area contributed by atoms with Crippen molar-refractivity contribution in [2.75, 3.05) is 5.75 Å². The average Bonchev–Trinajstić information content (AvgIpc) is 1.85. The molecule has 0 aliphatic carbocycles. The van der Waals surface area contributed by atoms with Crippen molar-refractivity contribution in [3.63, 3.8) is 0 Å². The Morgan fingerprint density at radius 3 is 2.55 bits per heavy atom. The fraction of sp³-hybridized carbons (Fsp3) is 0.167. The lowest BCUT2D eigenvalue weighted by Crippen LogP contribution is -2.16. The summed E-state index contributed by atoms with van der Waals surface area (Å²) in [6.45, 7) is 0. The fourth-order valence-corrected chi connectivity index (χ4v) is 1.83. The van der Waals surface area contributed by atoms with Crippen molar-refractivity contribution < 1.29 is 18.3 Å². The number of rotatable bonds is 1. The highest BCUT2D eigenvalue weighted by atomic mass is 32.2. The predicted octanol–water partition coefficient (Wildman–Crippen LogP) is -0.0605. The molecular weight excluding hydrogens is 168 g/mol. The van der Waals surface area contributed by atoms with E-state index in [1.807, 2.05) is 0 Å². The predicted molar refractivity (Wildman–Crippen MR) is 38.6 cm³/mol. The molecule has 0 unspecified atom stereocenters. The number of carbonyl (C=O) groups is 1. The maximum Gasteiger partial charge on any atom is 0.347 e. The summed E-state index contributed by atoms with van der Waals surface area (Å²) < 4.78 is 21.8. The van der Waals surface area contributed by atoms with Crippen LogP contribution in [0.4, 0.5) is 0 Å². The van der Waals surface area contributed by atoms with Crippen LogP contribution in [0.25, 0.3) is 0 Å². The molecule has 0 saturated carbocycles. The molecule has 1 heterocycles. The van der Waals surface area contributed by atoms with Gasteiger partial charge in [-0.1, -0.05) is 12.2 Å². The van der Waals surface area contributed by atoms with Gasteiger partial charge in [-0.15, -0.1) is 0 Å². The first-order chi connectivity index (χ1) is 5.04. The molecule has 0 aromatic heterocycles. The molecule has 0 radical (unpaired) electrons. The van der Waals surface area contributed by atoms with Gasteiger partial charge < -0.3 is 5.11 Å². The van der Waals surface area contributed by atoms with Crippen LogP contribution in [0.1, 0.15) is 0 Å². The third kappa shape index (κ3) is 1.48. The number of aliphatic carboxylic acids is 1. The van der Waals surface area contributed by atoms with Gasteiger partial charge in [0.1, 0.15) is 0 Å². The number of allylic oxidation sites excluding steroid dienone is 2. The molecule has 11 heavy (non-hydrogen) atoms. The van der Waals surface area contributed by atoms with Gasteiger partial charge in [0.15, 0.2) is 14.7 Å². The van der Waals surface area contributed by atoms with Crippen molar-refractivity contribution in [3.05, 3.63) is 23.1 Å². The largest absolute Gasteiger partial charge is 0.477 e. The molecule has 60 valence electrons. The Balaban J connectivity index is 3.19. The molecule has 0 saturated heterocycles. The Bertz CT molecular complexity index is 334. The Morgan fingerprint density at radius 1 is 1.55 bits per heavy atom. The molecule has 1 aliphatic rings. The fourth-order valence-electron chi connectivity index (χ4n) is 0.735. The quantitative estimate of drug-likeness (QED) is 0.604. The highest BCUT2D eigenvalue weighted by Crippen LogP contribution is 2.12. The van der Waals surface area contributed by atoms with E-state index in [1.54, 1.807) is 0 Å². The van der Waals surface area contributed by atoms with Crippen LogP contribution in [-0.4, -0.2) is 25.2 Å². The summed E-state index contributed by atoms with van der Waals surface area (Å²) in [5.74, 6) is -1.61. The van der Waals surface area contributed by atoms with Crippen LogP contribution in [0.15, 0.2) is 23.1 Å². The van der Waals surface area contributed by atoms with Gasteiger partial charge in [0.2, 0.25) is 0 Å². The van der Waals surface area contributed by atoms with Crippen LogP contribution in [0, 0.1) is 0 Å². The van der Waals surface area contributed by atoms with Crippen molar-refractivity contribution in [1.29, 1.82) is 0 Å². The zero-order valence-electron chi connectivity index (χ0n) is 5.52. The van der Waals surface area contributed by atoms with E-state index < -0.39 is 20.7 Å². The highest BCUT2D eigenvalue weighted by Gasteiger charge is 2.24. The second-order valence-electron chi connectivity index (χ2n) is 2.05. The van der Waals surface area contributed by atoms with Crippen molar-refractivity contribution in [1.82, 2.24) is 0 Å². The number of hydrogen-bond donors (Lipinski definition) is 1. The smallest absolute Gasteiger partial charge is 0.347 e. The lowest BCUT2D eigenvalue weighted by molar-refractivity contribution is -0.131. The Labute approximate surface area is 63.8 Å². The van der Waals surface area contributed by atoms with Crippen LogP contribution in [0.5, 0.6) is 0 Å². The monoisotopic (exact) mass is 174 g/mol. The first kappa shape index (κ1) is 8.00. The third-order valence-corrected chi connectivity index (χ3v) is 2.86. The van der Waals surface area contributed by atoms with E-state index in [4.69, 9.17) is 5.11 Å². The molecular formula is C6H6O4S. The van der Waals surface area contributed by atoms with E-state index >= 15 is 0 Å². The Morgan fingerprint density at radius 2 is 2.18 bits per heavy atom. The Hall–Kier alpha value is -1.10. The third-order valence-electron chi connectivity index (χ3n) is 1.25. The van der Waals surface area contributed by atoms with Crippen LogP contribution < -0.4 is 0 Å². The van der Waals surface area contributed by atoms with E-state index in [-0.39, 0.29) is 5.75 Å². The summed E-state index contributed by atoms with van der Waals surface area (Å²) in [5, 5.41) is 8.39. The minimum Gasteiger partial charge on any atom is -0.477 e. The number of carboxylic acid groups (broad SMARTS) is 1. The molecule has 0 bridgehead atoms. The lowest BCUT2D eigenvalue weighted by atomic mass is 10.4. The van der Waals surface area contributed by atoms with Crippen LogP contribution in [0.2, 0.25) is 0 Å². The van der Waals surface area contributed by atoms with Gasteiger partial charge >= 0.3 is 5.97 Å². The molecule has 0 spiro atoms. The second-order valence-corrected chi connectivity index (χ2v) is 4.05. The summed E-state index contributed by atoms with van der Waals surface area (Å²) in [5.41, 5.74) is 0. The molecule has 0 amide bonds. The molecule has 0 atom stereocenters. The van der Waals surface area contributed by atoms with Gasteiger partial charge in [-0.3, -0.25) is 0 Å². The van der Waals surface area contributed by atoms with Gasteiger partial charge in [-0.2, -0.15) is 0 Å². The van der Waals surface area contributed by atoms with Gasteiger partial charge in [-0.05, 0) is 6.08 Å². The van der Waals surface area contributed by atoms with Crippen molar-refractivity contribution in [2.24, 2.45) is 0 Å². The number of sulfone groups is 1. The summed E-state index contributed by atoms with van der Waals surface area (Å²) in [4.78, 5) is 9.76. The molecule has 4 nitrogen and oxygen atoms in total. The molecule has 1 aliphatic heterocycles. The highest BCUT2D eigenvalue weighted by molar-refractivity contribution is 7.96.